The summed E-state index contributed by atoms with van der Waals surface area (Å²) in [7, 11) is 0. The van der Waals surface area contributed by atoms with Gasteiger partial charge >= 0.3 is 6.03 Å². The minimum absolute atomic E-state index is 0.0579. The molecule has 3 aromatic rings. The zero-order valence-electron chi connectivity index (χ0n) is 21.6. The lowest BCUT2D eigenvalue weighted by Crippen LogP contribution is -2.56. The van der Waals surface area contributed by atoms with E-state index in [0.717, 1.165) is 43.0 Å². The van der Waals surface area contributed by atoms with Gasteiger partial charge in [-0.05, 0) is 72.4 Å². The van der Waals surface area contributed by atoms with Crippen LogP contribution in [0.5, 0.6) is 0 Å². The van der Waals surface area contributed by atoms with E-state index in [4.69, 9.17) is 23.2 Å². The first-order valence-electron chi connectivity index (χ1n) is 13.6. The zero-order chi connectivity index (χ0) is 27.1. The van der Waals surface area contributed by atoms with E-state index < -0.39 is 0 Å². The smallest absolute Gasteiger partial charge is 0.317 e. The van der Waals surface area contributed by atoms with Gasteiger partial charge in [-0.3, -0.25) is 9.69 Å². The van der Waals surface area contributed by atoms with E-state index in [1.54, 1.807) is 34.1 Å². The van der Waals surface area contributed by atoms with Gasteiger partial charge in [-0.15, -0.1) is 0 Å². The Balaban J connectivity index is 1.02. The maximum absolute atomic E-state index is 13.5. The number of nitrogens with zero attached hydrogens (tertiary/aromatic N) is 3. The SMILES string of the molecule is O=C(NC1C[C@H]2CC[C@@H](C1)N2Cc1ccc2cc(F)ccc2c1)N1CCN(C(=O)c2c(Cl)cccc2Cl)CC1. The molecule has 3 aromatic carbocycles. The van der Waals surface area contributed by atoms with Crippen molar-refractivity contribution in [3.05, 3.63) is 81.6 Å². The van der Waals surface area contributed by atoms with Gasteiger partial charge in [0.1, 0.15) is 5.82 Å². The lowest BCUT2D eigenvalue weighted by atomic mass is 9.96. The van der Waals surface area contributed by atoms with Gasteiger partial charge in [-0.1, -0.05) is 47.5 Å². The first kappa shape index (κ1) is 26.4. The lowest BCUT2D eigenvalue weighted by Gasteiger charge is -2.41. The van der Waals surface area contributed by atoms with E-state index in [0.29, 0.717) is 53.9 Å². The second kappa shape index (κ2) is 11.0. The molecule has 3 aliphatic rings. The summed E-state index contributed by atoms with van der Waals surface area (Å²) in [6, 6.07) is 17.2. The van der Waals surface area contributed by atoms with Gasteiger partial charge in [0.2, 0.25) is 0 Å². The Morgan fingerprint density at radius 1 is 0.846 bits per heavy atom. The Hall–Kier alpha value is -2.87. The van der Waals surface area contributed by atoms with Crippen LogP contribution in [0.25, 0.3) is 10.8 Å². The van der Waals surface area contributed by atoms with Crippen LogP contribution in [0.4, 0.5) is 9.18 Å². The molecule has 9 heteroatoms. The van der Waals surface area contributed by atoms with E-state index in [-0.39, 0.29) is 23.8 Å². The Morgan fingerprint density at radius 2 is 1.46 bits per heavy atom. The average molecular weight is 570 g/mol. The Labute approximate surface area is 237 Å². The molecule has 2 bridgehead atoms. The van der Waals surface area contributed by atoms with Gasteiger partial charge in [0.15, 0.2) is 0 Å². The van der Waals surface area contributed by atoms with Crippen molar-refractivity contribution in [3.63, 3.8) is 0 Å². The van der Waals surface area contributed by atoms with Gasteiger partial charge in [-0.2, -0.15) is 0 Å². The van der Waals surface area contributed by atoms with Crippen LogP contribution in [-0.2, 0) is 6.54 Å². The van der Waals surface area contributed by atoms with E-state index in [9.17, 15) is 14.0 Å². The first-order valence-corrected chi connectivity index (χ1v) is 14.3. The normalized spacial score (nSPS) is 23.3. The number of urea groups is 1. The highest BCUT2D eigenvalue weighted by molar-refractivity contribution is 6.39. The molecule has 6 nitrogen and oxygen atoms in total. The molecule has 204 valence electrons. The minimum Gasteiger partial charge on any atom is -0.335 e. The number of benzene rings is 3. The molecule has 3 fully saturated rings. The molecule has 0 saturated carbocycles. The van der Waals surface area contributed by atoms with Crippen LogP contribution in [-0.4, -0.2) is 70.9 Å². The largest absolute Gasteiger partial charge is 0.335 e. The number of nitrogens with one attached hydrogen (secondary N) is 1. The summed E-state index contributed by atoms with van der Waals surface area (Å²) in [5.41, 5.74) is 1.55. The summed E-state index contributed by atoms with van der Waals surface area (Å²) < 4.78 is 13.5. The highest BCUT2D eigenvalue weighted by Gasteiger charge is 2.41. The summed E-state index contributed by atoms with van der Waals surface area (Å²) in [6.45, 7) is 2.69. The van der Waals surface area contributed by atoms with Gasteiger partial charge in [0.05, 0.1) is 15.6 Å². The summed E-state index contributed by atoms with van der Waals surface area (Å²) in [4.78, 5) is 32.2. The fraction of sp³-hybridized carbons (Fsp3) is 0.400. The van der Waals surface area contributed by atoms with Gasteiger partial charge in [0.25, 0.3) is 5.91 Å². The molecule has 3 aliphatic heterocycles. The molecule has 3 heterocycles. The van der Waals surface area contributed by atoms with Crippen molar-refractivity contribution in [2.24, 2.45) is 0 Å². The molecule has 0 aromatic heterocycles. The number of hydrogen-bond donors (Lipinski definition) is 1. The van der Waals surface area contributed by atoms with Crippen LogP contribution in [0.1, 0.15) is 41.6 Å². The van der Waals surface area contributed by atoms with Crippen LogP contribution >= 0.6 is 23.2 Å². The highest BCUT2D eigenvalue weighted by atomic mass is 35.5. The van der Waals surface area contributed by atoms with E-state index in [2.05, 4.69) is 22.3 Å². The predicted molar refractivity (Wildman–Crippen MR) is 152 cm³/mol. The Bertz CT molecular complexity index is 1380. The maximum Gasteiger partial charge on any atom is 0.317 e. The highest BCUT2D eigenvalue weighted by Crippen LogP contribution is 2.37. The quantitative estimate of drug-likeness (QED) is 0.423. The summed E-state index contributed by atoms with van der Waals surface area (Å²) in [5.74, 6) is -0.414. The van der Waals surface area contributed by atoms with E-state index in [1.807, 2.05) is 12.1 Å². The number of halogens is 3. The summed E-state index contributed by atoms with van der Waals surface area (Å²) >= 11 is 12.4. The number of hydrogen-bond acceptors (Lipinski definition) is 3. The lowest BCUT2D eigenvalue weighted by molar-refractivity contribution is 0.0655. The molecular formula is C30H31Cl2FN4O2. The molecule has 1 unspecified atom stereocenters. The van der Waals surface area contributed by atoms with E-state index in [1.165, 1.54) is 11.6 Å². The number of piperazine rings is 1. The third-order valence-corrected chi connectivity index (χ3v) is 9.10. The summed E-state index contributed by atoms with van der Waals surface area (Å²) in [5, 5.41) is 5.92. The van der Waals surface area contributed by atoms with Crippen LogP contribution in [0.15, 0.2) is 54.6 Å². The second-order valence-electron chi connectivity index (χ2n) is 10.9. The Kier molecular flexibility index (Phi) is 7.40. The van der Waals surface area contributed by atoms with Crippen molar-refractivity contribution >= 4 is 45.9 Å². The van der Waals surface area contributed by atoms with Gasteiger partial charge in [0, 0.05) is 50.8 Å². The second-order valence-corrected chi connectivity index (χ2v) is 11.7. The third kappa shape index (κ3) is 5.45. The number of carbonyl (C=O) groups is 2. The van der Waals surface area contributed by atoms with Crippen molar-refractivity contribution in [2.45, 2.75) is 50.4 Å². The van der Waals surface area contributed by atoms with Crippen LogP contribution in [0, 0.1) is 5.82 Å². The fourth-order valence-corrected chi connectivity index (χ4v) is 7.02. The predicted octanol–water partition coefficient (Wildman–Crippen LogP) is 5.95. The fourth-order valence-electron chi connectivity index (χ4n) is 6.46. The van der Waals surface area contributed by atoms with Crippen molar-refractivity contribution in [2.75, 3.05) is 26.2 Å². The monoisotopic (exact) mass is 568 g/mol. The van der Waals surface area contributed by atoms with Crippen molar-refractivity contribution in [3.8, 4) is 0 Å². The average Bonchev–Trinajstić information content (AvgIpc) is 3.15. The number of fused-ring (bicyclic) bond motifs is 3. The number of rotatable bonds is 4. The molecule has 0 spiro atoms. The van der Waals surface area contributed by atoms with Crippen LogP contribution < -0.4 is 5.32 Å². The number of piperidine rings is 1. The zero-order valence-corrected chi connectivity index (χ0v) is 23.1. The summed E-state index contributed by atoms with van der Waals surface area (Å²) in [6.07, 6.45) is 4.15. The topological polar surface area (TPSA) is 55.9 Å². The van der Waals surface area contributed by atoms with Gasteiger partial charge in [-0.25, -0.2) is 9.18 Å². The molecule has 3 amide bonds. The molecule has 0 aliphatic carbocycles. The molecule has 6 rings (SSSR count). The van der Waals surface area contributed by atoms with Crippen molar-refractivity contribution in [1.82, 2.24) is 20.0 Å². The van der Waals surface area contributed by atoms with Crippen molar-refractivity contribution in [1.29, 1.82) is 0 Å². The molecular weight excluding hydrogens is 538 g/mol. The standard InChI is InChI=1S/C30H31Cl2FN4O2/c31-26-2-1-3-27(32)28(26)29(38)35-10-12-36(13-11-35)30(39)34-23-16-24-8-9-25(17-23)37(24)18-19-4-5-21-15-22(33)7-6-20(21)14-19/h1-7,14-15,23-25H,8-13,16-18H2,(H,34,39)/t23?,24-,25+. The van der Waals surface area contributed by atoms with Gasteiger partial charge < -0.3 is 15.1 Å². The first-order chi connectivity index (χ1) is 18.9. The maximum atomic E-state index is 13.5. The number of carbonyl (C=O) groups excluding carboxylic acids is 2. The molecule has 1 N–H and O–H groups in total. The molecule has 39 heavy (non-hydrogen) atoms. The Morgan fingerprint density at radius 3 is 2.15 bits per heavy atom. The van der Waals surface area contributed by atoms with Crippen LogP contribution in [0.3, 0.4) is 0 Å². The number of amides is 3. The minimum atomic E-state index is -0.213. The van der Waals surface area contributed by atoms with E-state index >= 15 is 0 Å². The van der Waals surface area contributed by atoms with Crippen molar-refractivity contribution < 1.29 is 14.0 Å². The molecule has 3 atom stereocenters. The molecule has 3 saturated heterocycles. The third-order valence-electron chi connectivity index (χ3n) is 8.47. The van der Waals surface area contributed by atoms with Crippen LogP contribution in [0.2, 0.25) is 10.0 Å². The molecule has 0 radical (unpaired) electrons.